The first-order chi connectivity index (χ1) is 9.28. The molecule has 1 aliphatic carbocycles. The van der Waals surface area contributed by atoms with Crippen LogP contribution < -0.4 is 10.2 Å². The first-order valence-corrected chi connectivity index (χ1v) is 7.90. The highest BCUT2D eigenvalue weighted by molar-refractivity contribution is 6.33. The molecule has 0 bridgehead atoms. The highest BCUT2D eigenvalue weighted by atomic mass is 35.5. The molecule has 0 heterocycles. The molecule has 1 aromatic carbocycles. The molecule has 1 fully saturated rings. The van der Waals surface area contributed by atoms with Crippen molar-refractivity contribution in [3.63, 3.8) is 0 Å². The number of benzene rings is 1. The van der Waals surface area contributed by atoms with E-state index in [-0.39, 0.29) is 0 Å². The van der Waals surface area contributed by atoms with Crippen molar-refractivity contribution in [1.82, 2.24) is 0 Å². The van der Waals surface area contributed by atoms with Gasteiger partial charge in [-0.1, -0.05) is 32.4 Å². The minimum absolute atomic E-state index is 0.490. The van der Waals surface area contributed by atoms with Crippen LogP contribution in [0.2, 0.25) is 5.02 Å². The third-order valence-electron chi connectivity index (χ3n) is 4.48. The molecule has 1 aromatic rings. The van der Waals surface area contributed by atoms with Crippen LogP contribution in [0.4, 0.5) is 11.4 Å². The van der Waals surface area contributed by atoms with E-state index in [1.165, 1.54) is 19.3 Å². The van der Waals surface area contributed by atoms with Crippen molar-refractivity contribution in [2.45, 2.75) is 46.1 Å². The smallest absolute Gasteiger partial charge is 0.0659 e. The Labute approximate surface area is 128 Å². The van der Waals surface area contributed by atoms with Gasteiger partial charge in [0.05, 0.1) is 10.7 Å². The maximum absolute atomic E-state index is 6.34. The lowest BCUT2D eigenvalue weighted by atomic mass is 9.70. The van der Waals surface area contributed by atoms with Gasteiger partial charge in [-0.05, 0) is 48.8 Å². The van der Waals surface area contributed by atoms with E-state index in [0.29, 0.717) is 17.4 Å². The molecule has 1 saturated carbocycles. The van der Waals surface area contributed by atoms with Gasteiger partial charge in [-0.15, -0.1) is 0 Å². The molecule has 0 saturated heterocycles. The quantitative estimate of drug-likeness (QED) is 0.841. The molecule has 0 radical (unpaired) electrons. The van der Waals surface area contributed by atoms with Gasteiger partial charge in [0.15, 0.2) is 0 Å². The number of halogens is 1. The van der Waals surface area contributed by atoms with Crippen LogP contribution in [0.5, 0.6) is 0 Å². The first kappa shape index (κ1) is 15.5. The lowest BCUT2D eigenvalue weighted by Crippen LogP contribution is -2.36. The number of hydrogen-bond acceptors (Lipinski definition) is 2. The molecule has 2 unspecified atom stereocenters. The largest absolute Gasteiger partial charge is 0.382 e. The number of hydrogen-bond donors (Lipinski definition) is 1. The standard InChI is InChI=1S/C17H27ClN2/c1-12-11-17(2,3)9-8-15(12)19-13-6-7-16(20(4)5)14(18)10-13/h6-7,10,12,15,19H,8-9,11H2,1-5H3. The Hall–Kier alpha value is -0.890. The molecule has 0 amide bonds. The zero-order valence-electron chi connectivity index (χ0n) is 13.3. The predicted molar refractivity (Wildman–Crippen MR) is 90.0 cm³/mol. The summed E-state index contributed by atoms with van der Waals surface area (Å²) in [6, 6.07) is 6.82. The molecule has 1 aliphatic rings. The van der Waals surface area contributed by atoms with Gasteiger partial charge < -0.3 is 10.2 Å². The molecule has 0 aromatic heterocycles. The highest BCUT2D eigenvalue weighted by Gasteiger charge is 2.32. The lowest BCUT2D eigenvalue weighted by molar-refractivity contribution is 0.177. The third-order valence-corrected chi connectivity index (χ3v) is 4.78. The van der Waals surface area contributed by atoms with Gasteiger partial charge in [0.2, 0.25) is 0 Å². The van der Waals surface area contributed by atoms with Crippen molar-refractivity contribution in [1.29, 1.82) is 0 Å². The van der Waals surface area contributed by atoms with Crippen LogP contribution in [0, 0.1) is 11.3 Å². The summed E-state index contributed by atoms with van der Waals surface area (Å²) in [5.41, 5.74) is 2.69. The molecule has 112 valence electrons. The summed E-state index contributed by atoms with van der Waals surface area (Å²) < 4.78 is 0. The second-order valence-corrected chi connectivity index (χ2v) is 7.60. The van der Waals surface area contributed by atoms with E-state index in [1.54, 1.807) is 0 Å². The van der Waals surface area contributed by atoms with Crippen LogP contribution in [0.15, 0.2) is 18.2 Å². The Morgan fingerprint density at radius 3 is 2.55 bits per heavy atom. The minimum atomic E-state index is 0.490. The Morgan fingerprint density at radius 2 is 2.00 bits per heavy atom. The fraction of sp³-hybridized carbons (Fsp3) is 0.647. The Bertz CT molecular complexity index is 468. The zero-order chi connectivity index (χ0) is 14.9. The van der Waals surface area contributed by atoms with E-state index >= 15 is 0 Å². The van der Waals surface area contributed by atoms with Gasteiger partial charge in [0.1, 0.15) is 0 Å². The second kappa shape index (κ2) is 5.85. The highest BCUT2D eigenvalue weighted by Crippen LogP contribution is 2.40. The van der Waals surface area contributed by atoms with Crippen molar-refractivity contribution < 1.29 is 0 Å². The average molecular weight is 295 g/mol. The lowest BCUT2D eigenvalue weighted by Gasteiger charge is -2.40. The Balaban J connectivity index is 2.06. The van der Waals surface area contributed by atoms with E-state index in [2.05, 4.69) is 38.2 Å². The normalized spacial score (nSPS) is 25.3. The predicted octanol–water partition coefficient (Wildman–Crippen LogP) is 5.03. The third kappa shape index (κ3) is 3.60. The SMILES string of the molecule is CC1CC(C)(C)CCC1Nc1ccc(N(C)C)c(Cl)c1. The van der Waals surface area contributed by atoms with Crippen molar-refractivity contribution >= 4 is 23.0 Å². The van der Waals surface area contributed by atoms with Crippen molar-refractivity contribution in [2.24, 2.45) is 11.3 Å². The summed E-state index contributed by atoms with van der Waals surface area (Å²) in [7, 11) is 4.03. The number of nitrogens with one attached hydrogen (secondary N) is 1. The van der Waals surface area contributed by atoms with E-state index in [9.17, 15) is 0 Å². The molecule has 20 heavy (non-hydrogen) atoms. The summed E-state index contributed by atoms with van der Waals surface area (Å²) in [5.74, 6) is 0.700. The fourth-order valence-corrected chi connectivity index (χ4v) is 3.68. The van der Waals surface area contributed by atoms with Crippen molar-refractivity contribution in [3.8, 4) is 0 Å². The van der Waals surface area contributed by atoms with Gasteiger partial charge in [-0.3, -0.25) is 0 Å². The Morgan fingerprint density at radius 1 is 1.30 bits per heavy atom. The zero-order valence-corrected chi connectivity index (χ0v) is 14.1. The fourth-order valence-electron chi connectivity index (χ4n) is 3.33. The van der Waals surface area contributed by atoms with Crippen molar-refractivity contribution in [2.75, 3.05) is 24.3 Å². The maximum atomic E-state index is 6.34. The monoisotopic (exact) mass is 294 g/mol. The number of nitrogens with zero attached hydrogens (tertiary/aromatic N) is 1. The van der Waals surface area contributed by atoms with Crippen LogP contribution in [-0.2, 0) is 0 Å². The van der Waals surface area contributed by atoms with Crippen LogP contribution in [0.3, 0.4) is 0 Å². The molecule has 2 nitrogen and oxygen atoms in total. The molecular weight excluding hydrogens is 268 g/mol. The van der Waals surface area contributed by atoms with Crippen LogP contribution >= 0.6 is 11.6 Å². The van der Waals surface area contributed by atoms with Gasteiger partial charge in [-0.2, -0.15) is 0 Å². The molecule has 0 aliphatic heterocycles. The second-order valence-electron chi connectivity index (χ2n) is 7.20. The summed E-state index contributed by atoms with van der Waals surface area (Å²) in [5, 5.41) is 4.48. The molecule has 1 N–H and O–H groups in total. The van der Waals surface area contributed by atoms with Crippen LogP contribution in [0.25, 0.3) is 0 Å². The van der Waals surface area contributed by atoms with Crippen LogP contribution in [0.1, 0.15) is 40.0 Å². The minimum Gasteiger partial charge on any atom is -0.382 e. The van der Waals surface area contributed by atoms with Gasteiger partial charge in [0, 0.05) is 25.8 Å². The Kier molecular flexibility index (Phi) is 4.53. The summed E-state index contributed by atoms with van der Waals surface area (Å²) in [6.45, 7) is 7.11. The number of anilines is 2. The summed E-state index contributed by atoms with van der Waals surface area (Å²) in [4.78, 5) is 2.04. The summed E-state index contributed by atoms with van der Waals surface area (Å²) >= 11 is 6.34. The van der Waals surface area contributed by atoms with Crippen LogP contribution in [-0.4, -0.2) is 20.1 Å². The molecule has 2 rings (SSSR count). The molecule has 0 spiro atoms. The topological polar surface area (TPSA) is 15.3 Å². The van der Waals surface area contributed by atoms with E-state index in [0.717, 1.165) is 16.4 Å². The van der Waals surface area contributed by atoms with Gasteiger partial charge >= 0.3 is 0 Å². The molecular formula is C17H27ClN2. The molecule has 2 atom stereocenters. The van der Waals surface area contributed by atoms with Gasteiger partial charge in [0.25, 0.3) is 0 Å². The molecule has 3 heteroatoms. The van der Waals surface area contributed by atoms with Gasteiger partial charge in [-0.25, -0.2) is 0 Å². The van der Waals surface area contributed by atoms with Crippen molar-refractivity contribution in [3.05, 3.63) is 23.2 Å². The maximum Gasteiger partial charge on any atom is 0.0659 e. The number of rotatable bonds is 3. The van der Waals surface area contributed by atoms with E-state index in [1.807, 2.05) is 25.1 Å². The van der Waals surface area contributed by atoms with E-state index < -0.39 is 0 Å². The first-order valence-electron chi connectivity index (χ1n) is 7.52. The van der Waals surface area contributed by atoms with E-state index in [4.69, 9.17) is 11.6 Å². The average Bonchev–Trinajstić information content (AvgIpc) is 2.32. The summed E-state index contributed by atoms with van der Waals surface area (Å²) in [6.07, 6.45) is 3.81.